The van der Waals surface area contributed by atoms with Crippen molar-refractivity contribution in [1.82, 2.24) is 10.2 Å². The molecule has 2 heterocycles. The maximum atomic E-state index is 5.33. The first kappa shape index (κ1) is 14.0. The minimum atomic E-state index is 0.122. The van der Waals surface area contributed by atoms with Crippen molar-refractivity contribution in [2.24, 2.45) is 10.4 Å². The van der Waals surface area contributed by atoms with Gasteiger partial charge < -0.3 is 14.6 Å². The molecule has 0 amide bonds. The summed E-state index contributed by atoms with van der Waals surface area (Å²) in [7, 11) is 0. The number of likely N-dealkylation sites (tertiary alicyclic amines) is 1. The molecule has 0 saturated carbocycles. The maximum absolute atomic E-state index is 5.33. The number of guanidine groups is 1. The fraction of sp³-hybridized carbons (Fsp3) is 0.667. The molecular formula is C15H25N3O. The van der Waals surface area contributed by atoms with Crippen LogP contribution in [-0.4, -0.2) is 29.5 Å². The molecule has 1 aromatic rings. The fourth-order valence-electron chi connectivity index (χ4n) is 2.35. The summed E-state index contributed by atoms with van der Waals surface area (Å²) in [6.45, 7) is 13.8. The van der Waals surface area contributed by atoms with E-state index in [1.54, 1.807) is 6.26 Å². The van der Waals surface area contributed by atoms with Gasteiger partial charge in [-0.05, 0) is 32.9 Å². The predicted molar refractivity (Wildman–Crippen MR) is 78.1 cm³/mol. The van der Waals surface area contributed by atoms with E-state index in [-0.39, 0.29) is 5.54 Å². The number of hydrogen-bond acceptors (Lipinski definition) is 2. The Bertz CT molecular complexity index is 446. The van der Waals surface area contributed by atoms with Crippen molar-refractivity contribution < 1.29 is 4.42 Å². The van der Waals surface area contributed by atoms with Gasteiger partial charge in [0.2, 0.25) is 0 Å². The second kappa shape index (κ2) is 4.91. The van der Waals surface area contributed by atoms with E-state index >= 15 is 0 Å². The highest BCUT2D eigenvalue weighted by molar-refractivity contribution is 5.82. The van der Waals surface area contributed by atoms with E-state index in [1.165, 1.54) is 0 Å². The fourth-order valence-corrected chi connectivity index (χ4v) is 2.35. The Balaban J connectivity index is 2.11. The van der Waals surface area contributed by atoms with Crippen LogP contribution in [0.5, 0.6) is 0 Å². The van der Waals surface area contributed by atoms with Gasteiger partial charge in [0.1, 0.15) is 12.3 Å². The van der Waals surface area contributed by atoms with Gasteiger partial charge >= 0.3 is 0 Å². The van der Waals surface area contributed by atoms with Crippen LogP contribution < -0.4 is 5.32 Å². The van der Waals surface area contributed by atoms with Crippen molar-refractivity contribution in [2.75, 3.05) is 13.1 Å². The van der Waals surface area contributed by atoms with Gasteiger partial charge in [-0.1, -0.05) is 13.8 Å². The molecule has 0 spiro atoms. The Kier molecular flexibility index (Phi) is 3.61. The first-order chi connectivity index (χ1) is 8.88. The molecule has 1 N–H and O–H groups in total. The topological polar surface area (TPSA) is 40.8 Å². The number of nitrogens with one attached hydrogen (secondary N) is 1. The largest absolute Gasteiger partial charge is 0.467 e. The van der Waals surface area contributed by atoms with Crippen molar-refractivity contribution in [3.05, 3.63) is 24.2 Å². The minimum Gasteiger partial charge on any atom is -0.467 e. The highest BCUT2D eigenvalue weighted by atomic mass is 16.3. The SMILES string of the molecule is CCNC(=NCc1ccco1)N1CC(C)(C)C1(C)C. The summed E-state index contributed by atoms with van der Waals surface area (Å²) in [5.41, 5.74) is 0.436. The van der Waals surface area contributed by atoms with Crippen LogP contribution in [0.2, 0.25) is 0 Å². The quantitative estimate of drug-likeness (QED) is 0.673. The molecule has 0 radical (unpaired) electrons. The van der Waals surface area contributed by atoms with Gasteiger partial charge in [0.15, 0.2) is 5.96 Å². The summed E-state index contributed by atoms with van der Waals surface area (Å²) in [4.78, 5) is 7.02. The standard InChI is InChI=1S/C15H25N3O/c1-6-16-13(17-10-12-8-7-9-19-12)18-11-14(2,3)15(18,4)5/h7-9H,6,10-11H2,1-5H3,(H,16,17). The van der Waals surface area contributed by atoms with E-state index in [2.05, 4.69) is 49.8 Å². The summed E-state index contributed by atoms with van der Waals surface area (Å²) in [6.07, 6.45) is 1.69. The number of aliphatic imine (C=N–C) groups is 1. The average molecular weight is 263 g/mol. The summed E-state index contributed by atoms with van der Waals surface area (Å²) in [6, 6.07) is 3.85. The van der Waals surface area contributed by atoms with Crippen LogP contribution in [0.25, 0.3) is 0 Å². The first-order valence-electron chi connectivity index (χ1n) is 6.97. The molecule has 1 fully saturated rings. The van der Waals surface area contributed by atoms with Crippen LogP contribution in [0.4, 0.5) is 0 Å². The van der Waals surface area contributed by atoms with Crippen molar-refractivity contribution in [1.29, 1.82) is 0 Å². The average Bonchev–Trinajstić information content (AvgIpc) is 2.85. The third-order valence-electron chi connectivity index (χ3n) is 4.44. The van der Waals surface area contributed by atoms with Crippen LogP contribution in [0.1, 0.15) is 40.4 Å². The molecule has 106 valence electrons. The zero-order valence-electron chi connectivity index (χ0n) is 12.7. The smallest absolute Gasteiger partial charge is 0.194 e. The van der Waals surface area contributed by atoms with E-state index in [4.69, 9.17) is 4.42 Å². The monoisotopic (exact) mass is 263 g/mol. The summed E-state index contributed by atoms with van der Waals surface area (Å²) in [5, 5.41) is 3.37. The molecule has 19 heavy (non-hydrogen) atoms. The molecule has 4 heteroatoms. The lowest BCUT2D eigenvalue weighted by Crippen LogP contribution is -2.72. The summed E-state index contributed by atoms with van der Waals surface area (Å²) >= 11 is 0. The summed E-state index contributed by atoms with van der Waals surface area (Å²) in [5.74, 6) is 1.87. The lowest BCUT2D eigenvalue weighted by Gasteiger charge is -2.62. The van der Waals surface area contributed by atoms with Gasteiger partial charge in [-0.25, -0.2) is 4.99 Å². The number of rotatable bonds is 3. The van der Waals surface area contributed by atoms with Crippen molar-refractivity contribution in [2.45, 2.75) is 46.7 Å². The van der Waals surface area contributed by atoms with E-state index in [1.807, 2.05) is 12.1 Å². The Morgan fingerprint density at radius 2 is 2.16 bits per heavy atom. The number of hydrogen-bond donors (Lipinski definition) is 1. The third kappa shape index (κ3) is 2.48. The Hall–Kier alpha value is -1.45. The van der Waals surface area contributed by atoms with Crippen LogP contribution in [0, 0.1) is 5.41 Å². The maximum Gasteiger partial charge on any atom is 0.194 e. The lowest BCUT2D eigenvalue weighted by atomic mass is 9.65. The van der Waals surface area contributed by atoms with Gasteiger partial charge in [-0.3, -0.25) is 0 Å². The van der Waals surface area contributed by atoms with Crippen LogP contribution >= 0.6 is 0 Å². The van der Waals surface area contributed by atoms with Crippen molar-refractivity contribution in [3.8, 4) is 0 Å². The lowest BCUT2D eigenvalue weighted by molar-refractivity contribution is -0.0668. The zero-order chi connectivity index (χ0) is 14.1. The molecule has 1 saturated heterocycles. The van der Waals surface area contributed by atoms with Gasteiger partial charge in [0.25, 0.3) is 0 Å². The molecule has 0 aromatic carbocycles. The van der Waals surface area contributed by atoms with Crippen LogP contribution in [0.3, 0.4) is 0 Å². The van der Waals surface area contributed by atoms with Crippen LogP contribution in [0.15, 0.2) is 27.8 Å². The first-order valence-corrected chi connectivity index (χ1v) is 6.97. The normalized spacial score (nSPS) is 21.1. The van der Waals surface area contributed by atoms with Gasteiger partial charge in [-0.15, -0.1) is 0 Å². The van der Waals surface area contributed by atoms with Crippen molar-refractivity contribution in [3.63, 3.8) is 0 Å². The predicted octanol–water partition coefficient (Wildman–Crippen LogP) is 2.87. The molecule has 0 aliphatic carbocycles. The molecule has 2 rings (SSSR count). The molecule has 0 atom stereocenters. The highest BCUT2D eigenvalue weighted by Gasteiger charge is 2.53. The molecule has 1 aliphatic rings. The number of nitrogens with zero attached hydrogens (tertiary/aromatic N) is 2. The Morgan fingerprint density at radius 1 is 1.42 bits per heavy atom. The van der Waals surface area contributed by atoms with Crippen molar-refractivity contribution >= 4 is 5.96 Å². The van der Waals surface area contributed by atoms with E-state index in [0.29, 0.717) is 12.0 Å². The second-order valence-corrected chi connectivity index (χ2v) is 6.28. The molecular weight excluding hydrogens is 238 g/mol. The van der Waals surface area contributed by atoms with E-state index in [9.17, 15) is 0 Å². The number of furan rings is 1. The molecule has 0 unspecified atom stereocenters. The zero-order valence-corrected chi connectivity index (χ0v) is 12.7. The molecule has 1 aliphatic heterocycles. The molecule has 4 nitrogen and oxygen atoms in total. The minimum absolute atomic E-state index is 0.122. The third-order valence-corrected chi connectivity index (χ3v) is 4.44. The van der Waals surface area contributed by atoms with Crippen LogP contribution in [-0.2, 0) is 6.54 Å². The second-order valence-electron chi connectivity index (χ2n) is 6.28. The van der Waals surface area contributed by atoms with E-state index < -0.39 is 0 Å². The Morgan fingerprint density at radius 3 is 2.63 bits per heavy atom. The summed E-state index contributed by atoms with van der Waals surface area (Å²) < 4.78 is 5.33. The van der Waals surface area contributed by atoms with Gasteiger partial charge in [0, 0.05) is 24.0 Å². The van der Waals surface area contributed by atoms with Gasteiger partial charge in [-0.2, -0.15) is 0 Å². The van der Waals surface area contributed by atoms with E-state index in [0.717, 1.165) is 24.8 Å². The molecule has 0 bridgehead atoms. The highest BCUT2D eigenvalue weighted by Crippen LogP contribution is 2.46. The molecule has 1 aromatic heterocycles. The Labute approximate surface area is 115 Å². The van der Waals surface area contributed by atoms with Gasteiger partial charge in [0.05, 0.1) is 6.26 Å².